The number of anilines is 1. The van der Waals surface area contributed by atoms with E-state index < -0.39 is 0 Å². The number of nitrogens with zero attached hydrogens (tertiary/aromatic N) is 5. The number of pyridine rings is 2. The molecule has 1 aliphatic heterocycles. The van der Waals surface area contributed by atoms with Crippen LogP contribution in [0.5, 0.6) is 0 Å². The Morgan fingerprint density at radius 1 is 1.12 bits per heavy atom. The van der Waals surface area contributed by atoms with Crippen molar-refractivity contribution in [1.82, 2.24) is 24.4 Å². The van der Waals surface area contributed by atoms with Crippen LogP contribution in [0.15, 0.2) is 30.7 Å². The maximum Gasteiger partial charge on any atom is 0.323 e. The highest BCUT2D eigenvalue weighted by Crippen LogP contribution is 2.24. The van der Waals surface area contributed by atoms with Gasteiger partial charge in [-0.3, -0.25) is 10.3 Å². The fourth-order valence-electron chi connectivity index (χ4n) is 2.96. The first-order valence-corrected chi connectivity index (χ1v) is 8.50. The Kier molecular flexibility index (Phi) is 4.26. The van der Waals surface area contributed by atoms with Crippen molar-refractivity contribution in [2.75, 3.05) is 31.6 Å². The van der Waals surface area contributed by atoms with E-state index in [1.54, 1.807) is 11.1 Å². The predicted molar refractivity (Wildman–Crippen MR) is 97.9 cm³/mol. The lowest BCUT2D eigenvalue weighted by molar-refractivity contribution is 0.0564. The standard InChI is InChI=1S/C18H20N6O2/c1-12-19-11-16(23(12)2)14-7-13-8-17(21-10-15(13)20-9-14)22-18(25)24-3-5-26-6-4-24/h7-11H,3-6H2,1-2H3,(H,21,22,25). The Morgan fingerprint density at radius 2 is 1.92 bits per heavy atom. The molecule has 4 heterocycles. The number of aryl methyl sites for hydroxylation is 1. The molecule has 8 heteroatoms. The summed E-state index contributed by atoms with van der Waals surface area (Å²) in [5.41, 5.74) is 2.74. The number of hydrogen-bond donors (Lipinski definition) is 1. The van der Waals surface area contributed by atoms with E-state index in [9.17, 15) is 4.79 Å². The third-order valence-electron chi connectivity index (χ3n) is 4.62. The van der Waals surface area contributed by atoms with Gasteiger partial charge >= 0.3 is 6.03 Å². The van der Waals surface area contributed by atoms with Crippen molar-refractivity contribution in [2.45, 2.75) is 6.92 Å². The van der Waals surface area contributed by atoms with Gasteiger partial charge in [0.25, 0.3) is 0 Å². The monoisotopic (exact) mass is 352 g/mol. The third kappa shape index (κ3) is 3.11. The smallest absolute Gasteiger partial charge is 0.323 e. The van der Waals surface area contributed by atoms with Gasteiger partial charge in [0, 0.05) is 37.3 Å². The number of fused-ring (bicyclic) bond motifs is 1. The molecule has 8 nitrogen and oxygen atoms in total. The molecule has 1 aliphatic rings. The zero-order valence-electron chi connectivity index (χ0n) is 14.8. The van der Waals surface area contributed by atoms with E-state index in [1.807, 2.05) is 43.1 Å². The Labute approximate surface area is 150 Å². The molecule has 0 radical (unpaired) electrons. The van der Waals surface area contributed by atoms with Gasteiger partial charge in [-0.15, -0.1) is 0 Å². The Bertz CT molecular complexity index is 961. The minimum Gasteiger partial charge on any atom is -0.378 e. The van der Waals surface area contributed by atoms with E-state index in [0.717, 1.165) is 28.0 Å². The largest absolute Gasteiger partial charge is 0.378 e. The van der Waals surface area contributed by atoms with Crippen LogP contribution in [0.2, 0.25) is 0 Å². The SMILES string of the molecule is Cc1ncc(-c2cnc3cnc(NC(=O)N4CCOCC4)cc3c2)n1C. The first kappa shape index (κ1) is 16.5. The summed E-state index contributed by atoms with van der Waals surface area (Å²) >= 11 is 0. The normalized spacial score (nSPS) is 14.6. The van der Waals surface area contributed by atoms with Crippen molar-refractivity contribution in [1.29, 1.82) is 0 Å². The molecule has 0 bridgehead atoms. The van der Waals surface area contributed by atoms with E-state index in [0.29, 0.717) is 32.1 Å². The van der Waals surface area contributed by atoms with Crippen molar-refractivity contribution in [3.8, 4) is 11.3 Å². The molecular formula is C18H20N6O2. The summed E-state index contributed by atoms with van der Waals surface area (Å²) < 4.78 is 7.29. The number of amides is 2. The molecule has 0 atom stereocenters. The number of hydrogen-bond acceptors (Lipinski definition) is 5. The molecular weight excluding hydrogens is 332 g/mol. The topological polar surface area (TPSA) is 85.2 Å². The van der Waals surface area contributed by atoms with Crippen LogP contribution in [0.1, 0.15) is 5.82 Å². The van der Waals surface area contributed by atoms with E-state index >= 15 is 0 Å². The van der Waals surface area contributed by atoms with Crippen LogP contribution in [0.3, 0.4) is 0 Å². The van der Waals surface area contributed by atoms with Gasteiger partial charge < -0.3 is 14.2 Å². The minimum absolute atomic E-state index is 0.161. The molecule has 1 N–H and O–H groups in total. The van der Waals surface area contributed by atoms with Gasteiger partial charge in [-0.1, -0.05) is 0 Å². The summed E-state index contributed by atoms with van der Waals surface area (Å²) in [4.78, 5) is 27.2. The molecule has 0 aliphatic carbocycles. The molecule has 0 saturated carbocycles. The van der Waals surface area contributed by atoms with E-state index in [-0.39, 0.29) is 6.03 Å². The van der Waals surface area contributed by atoms with Crippen LogP contribution in [0.4, 0.5) is 10.6 Å². The molecule has 1 saturated heterocycles. The average molecular weight is 352 g/mol. The van der Waals surface area contributed by atoms with Gasteiger partial charge in [0.15, 0.2) is 0 Å². The number of urea groups is 1. The zero-order chi connectivity index (χ0) is 18.1. The van der Waals surface area contributed by atoms with Crippen LogP contribution >= 0.6 is 0 Å². The van der Waals surface area contributed by atoms with Crippen LogP contribution in [-0.2, 0) is 11.8 Å². The molecule has 3 aromatic heterocycles. The fraction of sp³-hybridized carbons (Fsp3) is 0.333. The summed E-state index contributed by atoms with van der Waals surface area (Å²) in [6.07, 6.45) is 5.31. The maximum absolute atomic E-state index is 12.3. The molecule has 26 heavy (non-hydrogen) atoms. The van der Waals surface area contributed by atoms with Crippen molar-refractivity contribution in [2.24, 2.45) is 7.05 Å². The number of carbonyl (C=O) groups excluding carboxylic acids is 1. The van der Waals surface area contributed by atoms with Crippen molar-refractivity contribution >= 4 is 22.8 Å². The van der Waals surface area contributed by atoms with Crippen LogP contribution in [0, 0.1) is 6.92 Å². The second-order valence-electron chi connectivity index (χ2n) is 6.27. The number of imidazole rings is 1. The van der Waals surface area contributed by atoms with Gasteiger partial charge in [0.05, 0.1) is 36.8 Å². The molecule has 2 amide bonds. The van der Waals surface area contributed by atoms with E-state index in [2.05, 4.69) is 20.3 Å². The number of nitrogens with one attached hydrogen (secondary N) is 1. The molecule has 0 aromatic carbocycles. The minimum atomic E-state index is -0.161. The van der Waals surface area contributed by atoms with Crippen molar-refractivity contribution in [3.63, 3.8) is 0 Å². The summed E-state index contributed by atoms with van der Waals surface area (Å²) in [5, 5.41) is 3.76. The number of aromatic nitrogens is 4. The average Bonchev–Trinajstić information content (AvgIpc) is 3.00. The Morgan fingerprint density at radius 3 is 2.65 bits per heavy atom. The first-order valence-electron chi connectivity index (χ1n) is 8.50. The fourth-order valence-corrected chi connectivity index (χ4v) is 2.96. The highest BCUT2D eigenvalue weighted by Gasteiger charge is 2.17. The summed E-state index contributed by atoms with van der Waals surface area (Å²) in [5.74, 6) is 1.45. The quantitative estimate of drug-likeness (QED) is 0.764. The van der Waals surface area contributed by atoms with Gasteiger partial charge in [-0.2, -0.15) is 0 Å². The Balaban J connectivity index is 1.61. The van der Waals surface area contributed by atoms with Gasteiger partial charge in [-0.05, 0) is 19.1 Å². The third-order valence-corrected chi connectivity index (χ3v) is 4.62. The lowest BCUT2D eigenvalue weighted by atomic mass is 10.1. The van der Waals surface area contributed by atoms with Crippen LogP contribution in [0.25, 0.3) is 22.2 Å². The van der Waals surface area contributed by atoms with E-state index in [1.165, 1.54) is 0 Å². The number of morpholine rings is 1. The molecule has 3 aromatic rings. The first-order chi connectivity index (χ1) is 12.6. The number of ether oxygens (including phenoxy) is 1. The zero-order valence-corrected chi connectivity index (χ0v) is 14.8. The van der Waals surface area contributed by atoms with E-state index in [4.69, 9.17) is 4.74 Å². The van der Waals surface area contributed by atoms with Crippen LogP contribution < -0.4 is 5.32 Å². The highest BCUT2D eigenvalue weighted by atomic mass is 16.5. The van der Waals surface area contributed by atoms with Gasteiger partial charge in [0.2, 0.25) is 0 Å². The molecule has 134 valence electrons. The molecule has 1 fully saturated rings. The van der Waals surface area contributed by atoms with Crippen LogP contribution in [-0.4, -0.2) is 56.8 Å². The maximum atomic E-state index is 12.3. The highest BCUT2D eigenvalue weighted by molar-refractivity contribution is 5.91. The summed E-state index contributed by atoms with van der Waals surface area (Å²) in [6.45, 7) is 4.27. The van der Waals surface area contributed by atoms with Gasteiger partial charge in [-0.25, -0.2) is 14.8 Å². The number of carbonyl (C=O) groups is 1. The predicted octanol–water partition coefficient (Wildman–Crippen LogP) is 2.20. The van der Waals surface area contributed by atoms with Crippen molar-refractivity contribution in [3.05, 3.63) is 36.5 Å². The molecule has 0 spiro atoms. The van der Waals surface area contributed by atoms with Gasteiger partial charge in [0.1, 0.15) is 11.6 Å². The molecule has 4 rings (SSSR count). The Hall–Kier alpha value is -3.00. The van der Waals surface area contributed by atoms with Crippen molar-refractivity contribution < 1.29 is 9.53 Å². The lowest BCUT2D eigenvalue weighted by Gasteiger charge is -2.26. The lowest BCUT2D eigenvalue weighted by Crippen LogP contribution is -2.43. The number of rotatable bonds is 2. The second kappa shape index (κ2) is 6.72. The summed E-state index contributed by atoms with van der Waals surface area (Å²) in [7, 11) is 1.97. The second-order valence-corrected chi connectivity index (χ2v) is 6.27. The molecule has 0 unspecified atom stereocenters. The summed E-state index contributed by atoms with van der Waals surface area (Å²) in [6, 6.07) is 3.71.